The first-order chi connectivity index (χ1) is 8.69. The van der Waals surface area contributed by atoms with E-state index in [9.17, 15) is 4.79 Å². The van der Waals surface area contributed by atoms with Crippen molar-refractivity contribution < 1.29 is 14.1 Å². The Balaban J connectivity index is 1.97. The van der Waals surface area contributed by atoms with Crippen LogP contribution >= 0.6 is 11.8 Å². The minimum atomic E-state index is -0.417. The fourth-order valence-corrected chi connectivity index (χ4v) is 1.83. The molecule has 2 aromatic rings. The Morgan fingerprint density at radius 2 is 2.39 bits per heavy atom. The van der Waals surface area contributed by atoms with Crippen LogP contribution in [0.1, 0.15) is 11.7 Å². The molecule has 0 unspecified atom stereocenters. The largest absolute Gasteiger partial charge is 0.468 e. The van der Waals surface area contributed by atoms with Gasteiger partial charge in [-0.3, -0.25) is 4.79 Å². The number of methoxy groups -OCH3 is 1. The summed E-state index contributed by atoms with van der Waals surface area (Å²) in [6.07, 6.45) is 0. The van der Waals surface area contributed by atoms with E-state index in [-0.39, 0.29) is 6.54 Å². The zero-order chi connectivity index (χ0) is 13.0. The lowest BCUT2D eigenvalue weighted by Gasteiger charge is -2.01. The van der Waals surface area contributed by atoms with Gasteiger partial charge in [0.1, 0.15) is 6.54 Å². The zero-order valence-electron chi connectivity index (χ0n) is 9.73. The lowest BCUT2D eigenvalue weighted by atomic mass is 10.7. The quantitative estimate of drug-likeness (QED) is 0.540. The molecule has 9 nitrogen and oxygen atoms in total. The Kier molecular flexibility index (Phi) is 3.87. The van der Waals surface area contributed by atoms with Gasteiger partial charge in [-0.1, -0.05) is 16.9 Å². The predicted octanol–water partition coefficient (Wildman–Crippen LogP) is -0.170. The minimum absolute atomic E-state index is 0.0306. The predicted molar refractivity (Wildman–Crippen MR) is 58.4 cm³/mol. The third-order valence-corrected chi connectivity index (χ3v) is 2.86. The van der Waals surface area contributed by atoms with Gasteiger partial charge < -0.3 is 9.26 Å². The summed E-state index contributed by atoms with van der Waals surface area (Å²) in [6.45, 7) is 1.68. The van der Waals surface area contributed by atoms with Gasteiger partial charge in [0.2, 0.25) is 11.0 Å². The van der Waals surface area contributed by atoms with Crippen LogP contribution < -0.4 is 0 Å². The molecular formula is C8H10N6O3S. The Hall–Kier alpha value is -1.97. The third kappa shape index (κ3) is 3.03. The molecule has 0 spiro atoms. The lowest BCUT2D eigenvalue weighted by molar-refractivity contribution is -0.141. The lowest BCUT2D eigenvalue weighted by Crippen LogP contribution is -2.13. The molecule has 0 radical (unpaired) electrons. The van der Waals surface area contributed by atoms with Gasteiger partial charge in [-0.25, -0.2) is 4.68 Å². The van der Waals surface area contributed by atoms with E-state index >= 15 is 0 Å². The topological polar surface area (TPSA) is 109 Å². The van der Waals surface area contributed by atoms with Crippen LogP contribution in [0.25, 0.3) is 0 Å². The van der Waals surface area contributed by atoms with E-state index in [1.54, 1.807) is 6.92 Å². The number of hydrogen-bond donors (Lipinski definition) is 0. The summed E-state index contributed by atoms with van der Waals surface area (Å²) >= 11 is 1.31. The van der Waals surface area contributed by atoms with Crippen LogP contribution in [0.5, 0.6) is 0 Å². The molecule has 2 heterocycles. The Morgan fingerprint density at radius 3 is 3.06 bits per heavy atom. The summed E-state index contributed by atoms with van der Waals surface area (Å²) in [5.74, 6) is 1.09. The highest BCUT2D eigenvalue weighted by atomic mass is 32.2. The molecule has 0 saturated carbocycles. The highest BCUT2D eigenvalue weighted by Crippen LogP contribution is 2.18. The number of esters is 1. The van der Waals surface area contributed by atoms with Crippen molar-refractivity contribution in [2.24, 2.45) is 0 Å². The van der Waals surface area contributed by atoms with Crippen molar-refractivity contribution in [1.82, 2.24) is 30.3 Å². The maximum Gasteiger partial charge on any atom is 0.327 e. The molecule has 2 rings (SSSR count). The van der Waals surface area contributed by atoms with Crippen molar-refractivity contribution in [3.8, 4) is 0 Å². The van der Waals surface area contributed by atoms with Crippen LogP contribution in [0, 0.1) is 6.92 Å². The zero-order valence-corrected chi connectivity index (χ0v) is 10.5. The summed E-state index contributed by atoms with van der Waals surface area (Å²) in [5, 5.41) is 15.2. The number of aromatic nitrogens is 6. The fraction of sp³-hybridized carbons (Fsp3) is 0.500. The summed E-state index contributed by atoms with van der Waals surface area (Å²) in [7, 11) is 1.31. The Morgan fingerprint density at radius 1 is 1.56 bits per heavy atom. The van der Waals surface area contributed by atoms with E-state index in [1.165, 1.54) is 23.6 Å². The second kappa shape index (κ2) is 5.58. The summed E-state index contributed by atoms with van der Waals surface area (Å²) in [6, 6.07) is 0. The van der Waals surface area contributed by atoms with Crippen LogP contribution in [0.4, 0.5) is 0 Å². The standard InChI is InChI=1S/C8H10N6O3S/c1-5-9-6(11-17-5)4-18-8-10-12-13-14(8)3-7(15)16-2/h3-4H2,1-2H3. The van der Waals surface area contributed by atoms with Crippen LogP contribution in [0.3, 0.4) is 0 Å². The van der Waals surface area contributed by atoms with Crippen molar-refractivity contribution in [2.75, 3.05) is 7.11 Å². The summed E-state index contributed by atoms with van der Waals surface area (Å²) in [5.41, 5.74) is 0. The molecular weight excluding hydrogens is 260 g/mol. The SMILES string of the molecule is COC(=O)Cn1nnnc1SCc1noc(C)n1. The highest BCUT2D eigenvalue weighted by molar-refractivity contribution is 7.98. The van der Waals surface area contributed by atoms with Gasteiger partial charge in [-0.15, -0.1) is 5.10 Å². The van der Waals surface area contributed by atoms with Crippen LogP contribution in [-0.4, -0.2) is 43.4 Å². The summed E-state index contributed by atoms with van der Waals surface area (Å²) in [4.78, 5) is 15.2. The van der Waals surface area contributed by atoms with Gasteiger partial charge in [0, 0.05) is 6.92 Å². The van der Waals surface area contributed by atoms with Crippen LogP contribution in [-0.2, 0) is 21.8 Å². The molecule has 96 valence electrons. The van der Waals surface area contributed by atoms with Gasteiger partial charge in [-0.2, -0.15) is 4.98 Å². The molecule has 18 heavy (non-hydrogen) atoms. The maximum absolute atomic E-state index is 11.1. The maximum atomic E-state index is 11.1. The van der Waals surface area contributed by atoms with Crippen LogP contribution in [0.15, 0.2) is 9.68 Å². The first-order valence-electron chi connectivity index (χ1n) is 4.94. The van der Waals surface area contributed by atoms with Gasteiger partial charge in [0.05, 0.1) is 12.9 Å². The number of nitrogens with zero attached hydrogens (tertiary/aromatic N) is 6. The van der Waals surface area contributed by atoms with Crippen molar-refractivity contribution in [3.63, 3.8) is 0 Å². The molecule has 0 bridgehead atoms. The number of ether oxygens (including phenoxy) is 1. The van der Waals surface area contributed by atoms with E-state index in [0.717, 1.165) is 0 Å². The molecule has 0 aliphatic rings. The minimum Gasteiger partial charge on any atom is -0.468 e. The molecule has 0 fully saturated rings. The second-order valence-electron chi connectivity index (χ2n) is 3.21. The van der Waals surface area contributed by atoms with Crippen molar-refractivity contribution >= 4 is 17.7 Å². The Bertz CT molecular complexity index is 538. The monoisotopic (exact) mass is 270 g/mol. The van der Waals surface area contributed by atoms with Crippen molar-refractivity contribution in [1.29, 1.82) is 0 Å². The molecule has 2 aromatic heterocycles. The first-order valence-corrected chi connectivity index (χ1v) is 5.92. The van der Waals surface area contributed by atoms with E-state index < -0.39 is 5.97 Å². The molecule has 0 aliphatic carbocycles. The number of tetrazole rings is 1. The normalized spacial score (nSPS) is 10.6. The molecule has 0 amide bonds. The number of carbonyl (C=O) groups excluding carboxylic acids is 1. The number of hydrogen-bond acceptors (Lipinski definition) is 9. The Labute approximate surface area is 106 Å². The molecule has 0 saturated heterocycles. The molecule has 0 N–H and O–H groups in total. The van der Waals surface area contributed by atoms with Crippen LogP contribution in [0.2, 0.25) is 0 Å². The molecule has 0 aliphatic heterocycles. The fourth-order valence-electron chi connectivity index (χ4n) is 1.11. The van der Waals surface area contributed by atoms with Gasteiger partial charge in [-0.05, 0) is 10.4 Å². The van der Waals surface area contributed by atoms with Gasteiger partial charge >= 0.3 is 5.97 Å². The number of carbonyl (C=O) groups is 1. The smallest absolute Gasteiger partial charge is 0.327 e. The van der Waals surface area contributed by atoms with E-state index in [4.69, 9.17) is 4.52 Å². The first kappa shape index (κ1) is 12.5. The average molecular weight is 270 g/mol. The van der Waals surface area contributed by atoms with Crippen molar-refractivity contribution in [3.05, 3.63) is 11.7 Å². The van der Waals surface area contributed by atoms with E-state index in [2.05, 4.69) is 30.4 Å². The third-order valence-electron chi connectivity index (χ3n) is 1.91. The van der Waals surface area contributed by atoms with Crippen molar-refractivity contribution in [2.45, 2.75) is 24.4 Å². The molecule has 0 aromatic carbocycles. The van der Waals surface area contributed by atoms with E-state index in [1.807, 2.05) is 0 Å². The number of rotatable bonds is 5. The van der Waals surface area contributed by atoms with Gasteiger partial charge in [0.15, 0.2) is 5.82 Å². The average Bonchev–Trinajstić information content (AvgIpc) is 2.96. The molecule has 0 atom stereocenters. The van der Waals surface area contributed by atoms with Gasteiger partial charge in [0.25, 0.3) is 0 Å². The number of thioether (sulfide) groups is 1. The van der Waals surface area contributed by atoms with E-state index in [0.29, 0.717) is 22.6 Å². The molecule has 10 heteroatoms. The summed E-state index contributed by atoms with van der Waals surface area (Å²) < 4.78 is 10.7. The number of aryl methyl sites for hydroxylation is 1. The highest BCUT2D eigenvalue weighted by Gasteiger charge is 2.12. The second-order valence-corrected chi connectivity index (χ2v) is 4.16.